The predicted octanol–water partition coefficient (Wildman–Crippen LogP) is 0.961. The molecule has 0 aromatic heterocycles. The molecule has 0 amide bonds. The minimum absolute atomic E-state index is 0.264. The highest BCUT2D eigenvalue weighted by molar-refractivity contribution is 7.88. The van der Waals surface area contributed by atoms with Crippen molar-refractivity contribution in [1.29, 1.82) is 0 Å². The summed E-state index contributed by atoms with van der Waals surface area (Å²) in [5.74, 6) is -0.442. The zero-order chi connectivity index (χ0) is 14.9. The predicted molar refractivity (Wildman–Crippen MR) is 75.7 cm³/mol. The Bertz CT molecular complexity index is 581. The van der Waals surface area contributed by atoms with E-state index >= 15 is 0 Å². The maximum absolute atomic E-state index is 13.8. The number of halogens is 1. The Labute approximate surface area is 118 Å². The van der Waals surface area contributed by atoms with Crippen molar-refractivity contribution in [3.63, 3.8) is 0 Å². The zero-order valence-electron chi connectivity index (χ0n) is 11.6. The molecule has 1 N–H and O–H groups in total. The first-order valence-electron chi connectivity index (χ1n) is 6.47. The van der Waals surface area contributed by atoms with Gasteiger partial charge in [0.05, 0.1) is 12.4 Å². The van der Waals surface area contributed by atoms with Gasteiger partial charge < -0.3 is 10.0 Å². The third-order valence-electron chi connectivity index (χ3n) is 3.50. The van der Waals surface area contributed by atoms with Crippen molar-refractivity contribution in [2.24, 2.45) is 0 Å². The highest BCUT2D eigenvalue weighted by Gasteiger charge is 2.26. The SMILES string of the molecule is C[C@H](O)c1c(F)cccc1N1CCN(S(C)(=O)=O)CC1. The molecule has 20 heavy (non-hydrogen) atoms. The number of piperazine rings is 1. The second kappa shape index (κ2) is 5.67. The summed E-state index contributed by atoms with van der Waals surface area (Å²) in [7, 11) is -3.18. The molecule has 1 aromatic carbocycles. The van der Waals surface area contributed by atoms with Gasteiger partial charge in [-0.1, -0.05) is 6.07 Å². The Kier molecular flexibility index (Phi) is 4.31. The molecule has 1 saturated heterocycles. The van der Waals surface area contributed by atoms with Crippen molar-refractivity contribution in [3.05, 3.63) is 29.6 Å². The second-order valence-corrected chi connectivity index (χ2v) is 6.98. The molecule has 1 aliphatic rings. The lowest BCUT2D eigenvalue weighted by Gasteiger charge is -2.36. The van der Waals surface area contributed by atoms with E-state index in [1.807, 2.05) is 4.90 Å². The van der Waals surface area contributed by atoms with Crippen LogP contribution < -0.4 is 4.90 Å². The van der Waals surface area contributed by atoms with Crippen LogP contribution in [0.15, 0.2) is 18.2 Å². The van der Waals surface area contributed by atoms with Gasteiger partial charge in [0.25, 0.3) is 0 Å². The van der Waals surface area contributed by atoms with Gasteiger partial charge in [-0.05, 0) is 19.1 Å². The van der Waals surface area contributed by atoms with E-state index in [4.69, 9.17) is 0 Å². The van der Waals surface area contributed by atoms with Crippen molar-refractivity contribution >= 4 is 15.7 Å². The van der Waals surface area contributed by atoms with Gasteiger partial charge in [-0.15, -0.1) is 0 Å². The van der Waals surface area contributed by atoms with E-state index in [1.165, 1.54) is 23.6 Å². The number of aliphatic hydroxyl groups excluding tert-OH is 1. The van der Waals surface area contributed by atoms with Crippen LogP contribution in [-0.4, -0.2) is 50.3 Å². The summed E-state index contributed by atoms with van der Waals surface area (Å²) in [6, 6.07) is 4.67. The number of benzene rings is 1. The molecule has 5 nitrogen and oxygen atoms in total. The molecule has 0 saturated carbocycles. The van der Waals surface area contributed by atoms with Gasteiger partial charge in [0.15, 0.2) is 0 Å². The molecule has 1 fully saturated rings. The zero-order valence-corrected chi connectivity index (χ0v) is 12.4. The summed E-state index contributed by atoms with van der Waals surface area (Å²) in [4.78, 5) is 1.91. The van der Waals surface area contributed by atoms with Crippen LogP contribution in [0.5, 0.6) is 0 Å². The molecule has 0 bridgehead atoms. The van der Waals surface area contributed by atoms with Crippen LogP contribution in [0.3, 0.4) is 0 Å². The van der Waals surface area contributed by atoms with E-state index in [0.29, 0.717) is 31.9 Å². The lowest BCUT2D eigenvalue weighted by atomic mass is 10.1. The summed E-state index contributed by atoms with van der Waals surface area (Å²) < 4.78 is 38.2. The van der Waals surface area contributed by atoms with Crippen molar-refractivity contribution in [3.8, 4) is 0 Å². The number of aliphatic hydroxyl groups is 1. The van der Waals surface area contributed by atoms with Crippen molar-refractivity contribution in [2.75, 3.05) is 37.3 Å². The standard InChI is InChI=1S/C13H19FN2O3S/c1-10(17)13-11(14)4-3-5-12(13)15-6-8-16(9-7-15)20(2,18)19/h3-5,10,17H,6-9H2,1-2H3/t10-/m0/s1. The molecule has 7 heteroatoms. The Morgan fingerprint density at radius 3 is 2.35 bits per heavy atom. The summed E-state index contributed by atoms with van der Waals surface area (Å²) in [5, 5.41) is 9.72. The maximum atomic E-state index is 13.8. The van der Waals surface area contributed by atoms with Gasteiger partial charge in [0.1, 0.15) is 5.82 Å². The monoisotopic (exact) mass is 302 g/mol. The van der Waals surface area contributed by atoms with Gasteiger partial charge in [-0.2, -0.15) is 4.31 Å². The van der Waals surface area contributed by atoms with Gasteiger partial charge in [-0.25, -0.2) is 12.8 Å². The number of sulfonamides is 1. The van der Waals surface area contributed by atoms with Crippen molar-refractivity contribution in [1.82, 2.24) is 4.31 Å². The van der Waals surface area contributed by atoms with Gasteiger partial charge >= 0.3 is 0 Å². The Morgan fingerprint density at radius 2 is 1.85 bits per heavy atom. The van der Waals surface area contributed by atoms with Gasteiger partial charge in [0, 0.05) is 37.4 Å². The highest BCUT2D eigenvalue weighted by atomic mass is 32.2. The van der Waals surface area contributed by atoms with E-state index in [1.54, 1.807) is 12.1 Å². The smallest absolute Gasteiger partial charge is 0.211 e. The molecule has 0 spiro atoms. The summed E-state index contributed by atoms with van der Waals surface area (Å²) in [5.41, 5.74) is 0.897. The van der Waals surface area contributed by atoms with Gasteiger partial charge in [-0.3, -0.25) is 0 Å². The molecule has 0 unspecified atom stereocenters. The molecule has 2 rings (SSSR count). The molecule has 1 atom stereocenters. The van der Waals surface area contributed by atoms with Crippen LogP contribution in [-0.2, 0) is 10.0 Å². The Balaban J connectivity index is 2.21. The minimum atomic E-state index is -3.18. The molecule has 1 aromatic rings. The number of hydrogen-bond donors (Lipinski definition) is 1. The van der Waals surface area contributed by atoms with Crippen LogP contribution >= 0.6 is 0 Å². The molecule has 0 radical (unpaired) electrons. The summed E-state index contributed by atoms with van der Waals surface area (Å²) in [6.45, 7) is 3.23. The first-order valence-corrected chi connectivity index (χ1v) is 8.32. The molecule has 1 heterocycles. The lowest BCUT2D eigenvalue weighted by Crippen LogP contribution is -2.48. The molecule has 1 aliphatic heterocycles. The van der Waals surface area contributed by atoms with Crippen LogP contribution in [0.25, 0.3) is 0 Å². The lowest BCUT2D eigenvalue weighted by molar-refractivity contribution is 0.194. The van der Waals surface area contributed by atoms with E-state index in [2.05, 4.69) is 0 Å². The highest BCUT2D eigenvalue weighted by Crippen LogP contribution is 2.29. The largest absolute Gasteiger partial charge is 0.389 e. The Morgan fingerprint density at radius 1 is 1.25 bits per heavy atom. The number of hydrogen-bond acceptors (Lipinski definition) is 4. The topological polar surface area (TPSA) is 60.9 Å². The Hall–Kier alpha value is -1.18. The van der Waals surface area contributed by atoms with Crippen LogP contribution in [0.2, 0.25) is 0 Å². The van der Waals surface area contributed by atoms with E-state index in [-0.39, 0.29) is 5.56 Å². The second-order valence-electron chi connectivity index (χ2n) is 5.00. The third kappa shape index (κ3) is 3.11. The quantitative estimate of drug-likeness (QED) is 0.903. The molecule has 112 valence electrons. The minimum Gasteiger partial charge on any atom is -0.389 e. The fraction of sp³-hybridized carbons (Fsp3) is 0.538. The number of anilines is 1. The molecule has 0 aliphatic carbocycles. The molecular weight excluding hydrogens is 283 g/mol. The van der Waals surface area contributed by atoms with Crippen molar-refractivity contribution < 1.29 is 17.9 Å². The van der Waals surface area contributed by atoms with E-state index in [9.17, 15) is 17.9 Å². The average molecular weight is 302 g/mol. The summed E-state index contributed by atoms with van der Waals surface area (Å²) in [6.07, 6.45) is 0.283. The van der Waals surface area contributed by atoms with Gasteiger partial charge in [0.2, 0.25) is 10.0 Å². The number of rotatable bonds is 3. The average Bonchev–Trinajstić information content (AvgIpc) is 2.37. The fourth-order valence-electron chi connectivity index (χ4n) is 2.48. The fourth-order valence-corrected chi connectivity index (χ4v) is 3.30. The van der Waals surface area contributed by atoms with Crippen molar-refractivity contribution in [2.45, 2.75) is 13.0 Å². The first-order chi connectivity index (χ1) is 9.30. The summed E-state index contributed by atoms with van der Waals surface area (Å²) >= 11 is 0. The van der Waals surface area contributed by atoms with Crippen LogP contribution in [0.1, 0.15) is 18.6 Å². The molecular formula is C13H19FN2O3S. The van der Waals surface area contributed by atoms with Crippen LogP contribution in [0.4, 0.5) is 10.1 Å². The normalized spacial score (nSPS) is 19.1. The van der Waals surface area contributed by atoms with E-state index in [0.717, 1.165) is 0 Å². The third-order valence-corrected chi connectivity index (χ3v) is 4.80. The maximum Gasteiger partial charge on any atom is 0.211 e. The number of nitrogens with zero attached hydrogens (tertiary/aromatic N) is 2. The van der Waals surface area contributed by atoms with E-state index < -0.39 is 21.9 Å². The van der Waals surface area contributed by atoms with Crippen LogP contribution in [0, 0.1) is 5.82 Å². The first kappa shape index (κ1) is 15.2.